The molecule has 0 bridgehead atoms. The Kier molecular flexibility index (Phi) is 7.83. The van der Waals surface area contributed by atoms with Gasteiger partial charge in [-0.05, 0) is 49.2 Å². The van der Waals surface area contributed by atoms with Crippen molar-refractivity contribution in [2.45, 2.75) is 33.2 Å². The van der Waals surface area contributed by atoms with Crippen LogP contribution < -0.4 is 9.47 Å². The van der Waals surface area contributed by atoms with E-state index in [9.17, 15) is 4.79 Å². The summed E-state index contributed by atoms with van der Waals surface area (Å²) in [5.41, 5.74) is 3.33. The smallest absolute Gasteiger partial charge is 0.254 e. The lowest BCUT2D eigenvalue weighted by atomic mass is 10.1. The first-order valence-electron chi connectivity index (χ1n) is 12.0. The van der Waals surface area contributed by atoms with Gasteiger partial charge in [0, 0.05) is 12.1 Å². The highest BCUT2D eigenvalue weighted by atomic mass is 16.5. The van der Waals surface area contributed by atoms with Gasteiger partial charge in [-0.15, -0.1) is 0 Å². The summed E-state index contributed by atoms with van der Waals surface area (Å²) in [6, 6.07) is 26.8. The Morgan fingerprint density at radius 2 is 1.51 bits per heavy atom. The number of benzene rings is 3. The van der Waals surface area contributed by atoms with Crippen molar-refractivity contribution in [1.29, 1.82) is 0 Å². The van der Waals surface area contributed by atoms with E-state index in [1.807, 2.05) is 94.5 Å². The first kappa shape index (κ1) is 24.1. The van der Waals surface area contributed by atoms with Crippen molar-refractivity contribution in [2.24, 2.45) is 0 Å². The molecular weight excluding hydrogens is 438 g/mol. The maximum absolute atomic E-state index is 13.4. The van der Waals surface area contributed by atoms with Gasteiger partial charge < -0.3 is 14.4 Å². The van der Waals surface area contributed by atoms with Gasteiger partial charge in [0.1, 0.15) is 0 Å². The fourth-order valence-electron chi connectivity index (χ4n) is 4.05. The number of amides is 1. The zero-order valence-corrected chi connectivity index (χ0v) is 20.5. The molecule has 1 amide bonds. The van der Waals surface area contributed by atoms with Crippen molar-refractivity contribution in [3.63, 3.8) is 0 Å². The molecule has 0 aliphatic carbocycles. The molecule has 6 heteroatoms. The number of methoxy groups -OCH3 is 1. The number of nitrogens with zero attached hydrogens (tertiary/aromatic N) is 3. The molecule has 1 heterocycles. The summed E-state index contributed by atoms with van der Waals surface area (Å²) in [6.45, 7) is 5.16. The summed E-state index contributed by atoms with van der Waals surface area (Å²) in [4.78, 5) is 15.3. The van der Waals surface area contributed by atoms with E-state index in [-0.39, 0.29) is 5.91 Å². The van der Waals surface area contributed by atoms with Crippen LogP contribution in [-0.4, -0.2) is 34.2 Å². The second-order valence-corrected chi connectivity index (χ2v) is 8.18. The quantitative estimate of drug-likeness (QED) is 0.274. The van der Waals surface area contributed by atoms with Crippen molar-refractivity contribution < 1.29 is 14.3 Å². The molecule has 6 nitrogen and oxygen atoms in total. The second kappa shape index (κ2) is 11.4. The lowest BCUT2D eigenvalue weighted by molar-refractivity contribution is 0.0742. The molecule has 0 saturated carbocycles. The summed E-state index contributed by atoms with van der Waals surface area (Å²) in [7, 11) is 1.62. The predicted octanol–water partition coefficient (Wildman–Crippen LogP) is 6.29. The molecule has 0 N–H and O–H groups in total. The van der Waals surface area contributed by atoms with E-state index in [1.165, 1.54) is 0 Å². The molecule has 3 aromatic carbocycles. The third-order valence-corrected chi connectivity index (χ3v) is 5.78. The number of carbonyl (C=O) groups is 1. The maximum Gasteiger partial charge on any atom is 0.254 e. The van der Waals surface area contributed by atoms with Gasteiger partial charge >= 0.3 is 0 Å². The Morgan fingerprint density at radius 1 is 0.886 bits per heavy atom. The van der Waals surface area contributed by atoms with Crippen molar-refractivity contribution in [3.05, 3.63) is 102 Å². The standard InChI is InChI=1S/C29H31N3O3/c1-4-20-31(28(33)22-14-8-6-9-15-22)21-24-25(5-2)30-32(23-16-10-7-11-17-23)29(24)35-27-19-13-12-18-26(27)34-3/h6-19H,4-5,20-21H2,1-3H3. The number of aryl methyl sites for hydroxylation is 1. The molecule has 0 fully saturated rings. The minimum atomic E-state index is -0.00907. The number of carbonyl (C=O) groups excluding carboxylic acids is 1. The van der Waals surface area contributed by atoms with Crippen LogP contribution >= 0.6 is 0 Å². The van der Waals surface area contributed by atoms with E-state index in [1.54, 1.807) is 7.11 Å². The van der Waals surface area contributed by atoms with Crippen LogP contribution in [0.15, 0.2) is 84.9 Å². The van der Waals surface area contributed by atoms with Crippen LogP contribution in [0.2, 0.25) is 0 Å². The Bertz CT molecular complexity index is 1250. The minimum absolute atomic E-state index is 0.00907. The highest BCUT2D eigenvalue weighted by Crippen LogP contribution is 2.36. The van der Waals surface area contributed by atoms with Crippen LogP contribution in [0.1, 0.15) is 41.9 Å². The molecule has 0 saturated heterocycles. The average Bonchev–Trinajstić information content (AvgIpc) is 3.26. The van der Waals surface area contributed by atoms with E-state index >= 15 is 0 Å². The third kappa shape index (κ3) is 5.38. The van der Waals surface area contributed by atoms with E-state index in [0.29, 0.717) is 42.5 Å². The topological polar surface area (TPSA) is 56.6 Å². The molecule has 0 radical (unpaired) electrons. The van der Waals surface area contributed by atoms with Gasteiger partial charge in [0.2, 0.25) is 5.88 Å². The first-order chi connectivity index (χ1) is 17.2. The number of aromatic nitrogens is 2. The van der Waals surface area contributed by atoms with Gasteiger partial charge in [0.05, 0.1) is 30.6 Å². The van der Waals surface area contributed by atoms with Crippen LogP contribution in [0.5, 0.6) is 17.4 Å². The van der Waals surface area contributed by atoms with Crippen molar-refractivity contribution in [1.82, 2.24) is 14.7 Å². The van der Waals surface area contributed by atoms with Crippen LogP contribution in [0.3, 0.4) is 0 Å². The summed E-state index contributed by atoms with van der Waals surface area (Å²) in [6.07, 6.45) is 1.55. The number of ether oxygens (including phenoxy) is 2. The molecule has 0 atom stereocenters. The monoisotopic (exact) mass is 469 g/mol. The van der Waals surface area contributed by atoms with Crippen LogP contribution in [0, 0.1) is 0 Å². The van der Waals surface area contributed by atoms with E-state index in [0.717, 1.165) is 23.4 Å². The lowest BCUT2D eigenvalue weighted by Gasteiger charge is -2.23. The molecule has 4 aromatic rings. The molecule has 0 aliphatic rings. The Morgan fingerprint density at radius 3 is 2.14 bits per heavy atom. The number of hydrogen-bond acceptors (Lipinski definition) is 4. The fraction of sp³-hybridized carbons (Fsp3) is 0.241. The zero-order chi connectivity index (χ0) is 24.6. The molecule has 1 aromatic heterocycles. The van der Waals surface area contributed by atoms with Crippen LogP contribution in [-0.2, 0) is 13.0 Å². The lowest BCUT2D eigenvalue weighted by Crippen LogP contribution is -2.31. The summed E-state index contributed by atoms with van der Waals surface area (Å²) < 4.78 is 13.9. The highest BCUT2D eigenvalue weighted by Gasteiger charge is 2.25. The second-order valence-electron chi connectivity index (χ2n) is 8.18. The van der Waals surface area contributed by atoms with Crippen molar-refractivity contribution in [2.75, 3.05) is 13.7 Å². The zero-order valence-electron chi connectivity index (χ0n) is 20.5. The summed E-state index contributed by atoms with van der Waals surface area (Å²) >= 11 is 0. The van der Waals surface area contributed by atoms with E-state index in [2.05, 4.69) is 13.8 Å². The molecule has 35 heavy (non-hydrogen) atoms. The molecule has 0 unspecified atom stereocenters. The maximum atomic E-state index is 13.4. The fourth-order valence-corrected chi connectivity index (χ4v) is 4.05. The molecule has 0 aliphatic heterocycles. The van der Waals surface area contributed by atoms with Gasteiger partial charge in [-0.3, -0.25) is 4.79 Å². The number of rotatable bonds is 10. The number of hydrogen-bond donors (Lipinski definition) is 0. The molecule has 4 rings (SSSR count). The SMILES string of the molecule is CCCN(Cc1c(CC)nn(-c2ccccc2)c1Oc1ccccc1OC)C(=O)c1ccccc1. The largest absolute Gasteiger partial charge is 0.493 e. The first-order valence-corrected chi connectivity index (χ1v) is 12.0. The predicted molar refractivity (Wildman–Crippen MR) is 137 cm³/mol. The average molecular weight is 470 g/mol. The van der Waals surface area contributed by atoms with E-state index in [4.69, 9.17) is 14.6 Å². The van der Waals surface area contributed by atoms with Crippen LogP contribution in [0.25, 0.3) is 5.69 Å². The van der Waals surface area contributed by atoms with Gasteiger partial charge in [-0.25, -0.2) is 4.68 Å². The molecular formula is C29H31N3O3. The number of para-hydroxylation sites is 3. The van der Waals surface area contributed by atoms with Gasteiger partial charge in [-0.2, -0.15) is 5.10 Å². The van der Waals surface area contributed by atoms with Crippen LogP contribution in [0.4, 0.5) is 0 Å². The van der Waals surface area contributed by atoms with Gasteiger partial charge in [-0.1, -0.05) is 62.4 Å². The Hall–Kier alpha value is -4.06. The summed E-state index contributed by atoms with van der Waals surface area (Å²) in [5.74, 6) is 1.79. The van der Waals surface area contributed by atoms with Crippen molar-refractivity contribution >= 4 is 5.91 Å². The van der Waals surface area contributed by atoms with Gasteiger partial charge in [0.15, 0.2) is 11.5 Å². The molecule has 0 spiro atoms. The molecule has 180 valence electrons. The highest BCUT2D eigenvalue weighted by molar-refractivity contribution is 5.94. The third-order valence-electron chi connectivity index (χ3n) is 5.78. The van der Waals surface area contributed by atoms with E-state index < -0.39 is 0 Å². The van der Waals surface area contributed by atoms with Gasteiger partial charge in [0.25, 0.3) is 5.91 Å². The Labute approximate surface area is 206 Å². The van der Waals surface area contributed by atoms with Crippen molar-refractivity contribution in [3.8, 4) is 23.1 Å². The summed E-state index contributed by atoms with van der Waals surface area (Å²) in [5, 5.41) is 4.91. The normalized spacial score (nSPS) is 10.7. The minimum Gasteiger partial charge on any atom is -0.493 e. The Balaban J connectivity index is 1.81.